The Morgan fingerprint density at radius 3 is 1.66 bits per heavy atom. The normalized spacial score (nSPS) is 13.8. The van der Waals surface area contributed by atoms with Crippen LogP contribution in [0.15, 0.2) is 54.6 Å². The zero-order valence-electron chi connectivity index (χ0n) is 14.3. The van der Waals surface area contributed by atoms with E-state index in [0.29, 0.717) is 0 Å². The van der Waals surface area contributed by atoms with Crippen molar-refractivity contribution in [2.45, 2.75) is 4.75 Å². The third-order valence-electron chi connectivity index (χ3n) is 4.37. The Kier molecular flexibility index (Phi) is 5.98. The molecule has 0 spiro atoms. The Labute approximate surface area is 186 Å². The highest BCUT2D eigenvalue weighted by Crippen LogP contribution is 2.50. The molecule has 0 saturated heterocycles. The summed E-state index contributed by atoms with van der Waals surface area (Å²) in [5.74, 6) is -0.428. The monoisotopic (exact) mass is 492 g/mol. The van der Waals surface area contributed by atoms with Crippen LogP contribution in [0.5, 0.6) is 11.5 Å². The molecule has 5 nitrogen and oxygen atoms in total. The minimum Gasteiger partial charge on any atom is -0.508 e. The molecule has 29 heavy (non-hydrogen) atoms. The summed E-state index contributed by atoms with van der Waals surface area (Å²) in [6, 6.07) is 11.3. The lowest BCUT2D eigenvalue weighted by Gasteiger charge is -2.34. The van der Waals surface area contributed by atoms with E-state index in [-0.39, 0.29) is 48.3 Å². The van der Waals surface area contributed by atoms with Gasteiger partial charge in [0.25, 0.3) is 10.1 Å². The summed E-state index contributed by atoms with van der Waals surface area (Å²) in [4.78, 5) is 0. The van der Waals surface area contributed by atoms with Crippen LogP contribution in [0, 0.1) is 0 Å². The van der Waals surface area contributed by atoms with Gasteiger partial charge in [-0.05, 0) is 47.5 Å². The summed E-state index contributed by atoms with van der Waals surface area (Å²) in [5, 5.41) is 19.2. The summed E-state index contributed by atoms with van der Waals surface area (Å²) in [6.07, 6.45) is 0. The average molecular weight is 494 g/mol. The molecule has 0 fully saturated rings. The van der Waals surface area contributed by atoms with Crippen molar-refractivity contribution in [3.63, 3.8) is 0 Å². The molecule has 0 aliphatic heterocycles. The van der Waals surface area contributed by atoms with E-state index in [2.05, 4.69) is 0 Å². The predicted octanol–water partition coefficient (Wildman–Crippen LogP) is 5.89. The second kappa shape index (κ2) is 7.87. The highest BCUT2D eigenvalue weighted by atomic mass is 35.5. The summed E-state index contributed by atoms with van der Waals surface area (Å²) in [5.41, 5.74) is -0.189. The molecule has 0 aliphatic carbocycles. The third kappa shape index (κ3) is 3.77. The standard InChI is InChI=1S/C19H12Cl4O5S/c20-14-6-3-11(7-15(14)21)19(29(26,27)28,10-1-4-12(24)5-2-10)18-16(22)8-13(25)9-17(18)23/h1-9,24-25H,(H,26,27,28). The molecule has 1 unspecified atom stereocenters. The molecule has 3 rings (SSSR count). The molecule has 0 heterocycles. The fourth-order valence-corrected chi connectivity index (χ4v) is 5.70. The Balaban J connectivity index is 2.58. The van der Waals surface area contributed by atoms with Gasteiger partial charge >= 0.3 is 0 Å². The number of rotatable bonds is 4. The second-order valence-electron chi connectivity index (χ2n) is 6.12. The minimum absolute atomic E-state index is 0.00502. The van der Waals surface area contributed by atoms with Crippen molar-refractivity contribution in [3.8, 4) is 11.5 Å². The molecule has 0 aromatic heterocycles. The highest BCUT2D eigenvalue weighted by molar-refractivity contribution is 7.87. The largest absolute Gasteiger partial charge is 0.508 e. The van der Waals surface area contributed by atoms with E-state index in [1.54, 1.807) is 0 Å². The number of hydrogen-bond acceptors (Lipinski definition) is 4. The first-order chi connectivity index (χ1) is 13.5. The van der Waals surface area contributed by atoms with Crippen LogP contribution in [-0.4, -0.2) is 23.2 Å². The summed E-state index contributed by atoms with van der Waals surface area (Å²) in [7, 11) is -5.02. The van der Waals surface area contributed by atoms with E-state index in [4.69, 9.17) is 46.4 Å². The van der Waals surface area contributed by atoms with Crippen LogP contribution in [0.4, 0.5) is 0 Å². The van der Waals surface area contributed by atoms with E-state index < -0.39 is 14.9 Å². The Morgan fingerprint density at radius 2 is 1.17 bits per heavy atom. The van der Waals surface area contributed by atoms with Gasteiger partial charge in [-0.15, -0.1) is 0 Å². The number of phenols is 2. The number of benzene rings is 3. The van der Waals surface area contributed by atoms with Crippen LogP contribution in [-0.2, 0) is 14.9 Å². The van der Waals surface area contributed by atoms with E-state index in [1.807, 2.05) is 0 Å². The van der Waals surface area contributed by atoms with Crippen molar-refractivity contribution >= 4 is 56.5 Å². The molecule has 0 amide bonds. The van der Waals surface area contributed by atoms with Gasteiger partial charge in [0.05, 0.1) is 20.1 Å². The van der Waals surface area contributed by atoms with Crippen molar-refractivity contribution in [3.05, 3.63) is 91.4 Å². The fraction of sp³-hybridized carbons (Fsp3) is 0.0526. The van der Waals surface area contributed by atoms with Crippen LogP contribution in [0.1, 0.15) is 16.7 Å². The number of phenolic OH excluding ortho intramolecular Hbond substituents is 2. The summed E-state index contributed by atoms with van der Waals surface area (Å²) in [6.45, 7) is 0. The van der Waals surface area contributed by atoms with Crippen molar-refractivity contribution in [2.75, 3.05) is 0 Å². The molecule has 3 aromatic rings. The van der Waals surface area contributed by atoms with Crippen molar-refractivity contribution in [2.24, 2.45) is 0 Å². The van der Waals surface area contributed by atoms with Gasteiger partial charge < -0.3 is 10.2 Å². The molecular formula is C19H12Cl4O5S. The van der Waals surface area contributed by atoms with E-state index in [1.165, 1.54) is 42.5 Å². The topological polar surface area (TPSA) is 94.8 Å². The van der Waals surface area contributed by atoms with Gasteiger partial charge in [-0.25, -0.2) is 0 Å². The molecule has 1 atom stereocenters. The maximum absolute atomic E-state index is 13.0. The third-order valence-corrected chi connectivity index (χ3v) is 7.15. The molecule has 3 aromatic carbocycles. The first-order valence-corrected chi connectivity index (χ1v) is 10.8. The zero-order valence-corrected chi connectivity index (χ0v) is 18.1. The van der Waals surface area contributed by atoms with Gasteiger partial charge in [0.15, 0.2) is 4.75 Å². The lowest BCUT2D eigenvalue weighted by atomic mass is 9.83. The van der Waals surface area contributed by atoms with Crippen LogP contribution in [0.3, 0.4) is 0 Å². The van der Waals surface area contributed by atoms with E-state index >= 15 is 0 Å². The predicted molar refractivity (Wildman–Crippen MR) is 114 cm³/mol. The minimum atomic E-state index is -5.02. The molecule has 0 radical (unpaired) electrons. The lowest BCUT2D eigenvalue weighted by Crippen LogP contribution is -2.38. The number of halogens is 4. The Bertz CT molecular complexity index is 1170. The van der Waals surface area contributed by atoms with Gasteiger partial charge in [0, 0.05) is 5.56 Å². The smallest absolute Gasteiger partial charge is 0.283 e. The first-order valence-electron chi connectivity index (χ1n) is 7.89. The average Bonchev–Trinajstić information content (AvgIpc) is 2.60. The van der Waals surface area contributed by atoms with Gasteiger partial charge in [0.2, 0.25) is 0 Å². The molecule has 0 bridgehead atoms. The second-order valence-corrected chi connectivity index (χ2v) is 9.31. The van der Waals surface area contributed by atoms with Crippen LogP contribution >= 0.6 is 46.4 Å². The summed E-state index contributed by atoms with van der Waals surface area (Å²) >= 11 is 24.7. The van der Waals surface area contributed by atoms with Crippen LogP contribution < -0.4 is 0 Å². The maximum Gasteiger partial charge on any atom is 0.283 e. The van der Waals surface area contributed by atoms with Gasteiger partial charge in [-0.3, -0.25) is 4.55 Å². The van der Waals surface area contributed by atoms with Gasteiger partial charge in [-0.2, -0.15) is 8.42 Å². The highest BCUT2D eigenvalue weighted by Gasteiger charge is 2.51. The van der Waals surface area contributed by atoms with Crippen LogP contribution in [0.25, 0.3) is 0 Å². The molecule has 0 aliphatic rings. The Hall–Kier alpha value is -1.67. The van der Waals surface area contributed by atoms with Crippen molar-refractivity contribution < 1.29 is 23.2 Å². The van der Waals surface area contributed by atoms with Crippen molar-refractivity contribution in [1.82, 2.24) is 0 Å². The number of hydrogen-bond donors (Lipinski definition) is 3. The summed E-state index contributed by atoms with van der Waals surface area (Å²) < 4.78 is 34.1. The quantitative estimate of drug-likeness (QED) is 0.311. The van der Waals surface area contributed by atoms with E-state index in [9.17, 15) is 23.2 Å². The van der Waals surface area contributed by atoms with E-state index in [0.717, 1.165) is 12.1 Å². The van der Waals surface area contributed by atoms with Gasteiger partial charge in [-0.1, -0.05) is 64.6 Å². The molecule has 0 saturated carbocycles. The van der Waals surface area contributed by atoms with Gasteiger partial charge in [0.1, 0.15) is 11.5 Å². The number of aromatic hydroxyl groups is 2. The maximum atomic E-state index is 13.0. The van der Waals surface area contributed by atoms with Crippen molar-refractivity contribution in [1.29, 1.82) is 0 Å². The first kappa shape index (κ1) is 22.0. The molecular weight excluding hydrogens is 482 g/mol. The molecule has 152 valence electrons. The molecule has 10 heteroatoms. The van der Waals surface area contributed by atoms with Crippen LogP contribution in [0.2, 0.25) is 20.1 Å². The zero-order chi connectivity index (χ0) is 21.6. The fourth-order valence-electron chi connectivity index (χ4n) is 3.19. The Morgan fingerprint density at radius 1 is 0.655 bits per heavy atom. The lowest BCUT2D eigenvalue weighted by molar-refractivity contribution is 0.456. The molecule has 3 N–H and O–H groups in total. The SMILES string of the molecule is O=S(=O)(O)C(c1ccc(O)cc1)(c1ccc(Cl)c(Cl)c1)c1c(Cl)cc(O)cc1Cl.